The van der Waals surface area contributed by atoms with Crippen LogP contribution in [0.1, 0.15) is 35.1 Å². The van der Waals surface area contributed by atoms with Crippen LogP contribution in [0, 0.1) is 13.8 Å². The van der Waals surface area contributed by atoms with Crippen molar-refractivity contribution in [3.63, 3.8) is 0 Å². The molecule has 35 heavy (non-hydrogen) atoms. The Kier molecular flexibility index (Phi) is 7.60. The standard InChI is InChI=1S/C27H30N2O6/c1-5-29(16-21-7-10-24-26(15-21)33-13-12-32-24)27(30)11-8-20-6-9-23(25(14-20)31-4)34-17-22-18(2)28-35-19(22)3/h6-11,14-15H,5,12-13,16-17H2,1-4H3/b11-8+. The predicted molar refractivity (Wildman–Crippen MR) is 131 cm³/mol. The normalized spacial score (nSPS) is 12.6. The van der Waals surface area contributed by atoms with Crippen molar-refractivity contribution in [1.29, 1.82) is 0 Å². The Bertz CT molecular complexity index is 1200. The Morgan fingerprint density at radius 2 is 1.89 bits per heavy atom. The molecule has 184 valence electrons. The second-order valence-corrected chi connectivity index (χ2v) is 8.17. The molecule has 1 aliphatic heterocycles. The van der Waals surface area contributed by atoms with Gasteiger partial charge in [-0.05, 0) is 62.2 Å². The van der Waals surface area contributed by atoms with Gasteiger partial charge in [-0.1, -0.05) is 17.3 Å². The summed E-state index contributed by atoms with van der Waals surface area (Å²) < 4.78 is 27.8. The lowest BCUT2D eigenvalue weighted by atomic mass is 10.1. The number of amides is 1. The first-order chi connectivity index (χ1) is 17.0. The van der Waals surface area contributed by atoms with Crippen LogP contribution in [0.3, 0.4) is 0 Å². The summed E-state index contributed by atoms with van der Waals surface area (Å²) in [5.41, 5.74) is 3.53. The number of aromatic nitrogens is 1. The highest BCUT2D eigenvalue weighted by atomic mass is 16.6. The van der Waals surface area contributed by atoms with Crippen molar-refractivity contribution in [2.45, 2.75) is 33.9 Å². The molecule has 1 aliphatic rings. The number of benzene rings is 2. The summed E-state index contributed by atoms with van der Waals surface area (Å²) in [5.74, 6) is 3.29. The van der Waals surface area contributed by atoms with Gasteiger partial charge in [-0.3, -0.25) is 4.79 Å². The van der Waals surface area contributed by atoms with Gasteiger partial charge in [0.1, 0.15) is 25.6 Å². The highest BCUT2D eigenvalue weighted by molar-refractivity contribution is 5.91. The lowest BCUT2D eigenvalue weighted by Gasteiger charge is -2.22. The third-order valence-electron chi connectivity index (χ3n) is 5.83. The summed E-state index contributed by atoms with van der Waals surface area (Å²) in [6.45, 7) is 8.16. The van der Waals surface area contributed by atoms with Crippen molar-refractivity contribution < 1.29 is 28.3 Å². The van der Waals surface area contributed by atoms with Gasteiger partial charge < -0.3 is 28.4 Å². The van der Waals surface area contributed by atoms with Crippen molar-refractivity contribution in [2.24, 2.45) is 0 Å². The van der Waals surface area contributed by atoms with Gasteiger partial charge in [-0.25, -0.2) is 0 Å². The van der Waals surface area contributed by atoms with Crippen molar-refractivity contribution in [3.05, 3.63) is 70.6 Å². The summed E-state index contributed by atoms with van der Waals surface area (Å²) in [7, 11) is 1.59. The summed E-state index contributed by atoms with van der Waals surface area (Å²) >= 11 is 0. The molecular weight excluding hydrogens is 448 g/mol. The molecular formula is C27H30N2O6. The predicted octanol–water partition coefficient (Wildman–Crippen LogP) is 4.71. The highest BCUT2D eigenvalue weighted by Gasteiger charge is 2.15. The fourth-order valence-electron chi connectivity index (χ4n) is 3.79. The second kappa shape index (κ2) is 11.0. The van der Waals surface area contributed by atoms with Gasteiger partial charge >= 0.3 is 0 Å². The van der Waals surface area contributed by atoms with E-state index in [1.165, 1.54) is 0 Å². The van der Waals surface area contributed by atoms with Crippen LogP contribution in [0.25, 0.3) is 6.08 Å². The van der Waals surface area contributed by atoms with Crippen molar-refractivity contribution in [3.8, 4) is 23.0 Å². The highest BCUT2D eigenvalue weighted by Crippen LogP contribution is 2.32. The van der Waals surface area contributed by atoms with Crippen LogP contribution in [-0.4, -0.2) is 42.8 Å². The van der Waals surface area contributed by atoms with Crippen LogP contribution in [0.4, 0.5) is 0 Å². The van der Waals surface area contributed by atoms with Crippen molar-refractivity contribution in [2.75, 3.05) is 26.9 Å². The number of aryl methyl sites for hydroxylation is 2. The largest absolute Gasteiger partial charge is 0.493 e. The molecule has 8 nitrogen and oxygen atoms in total. The van der Waals surface area contributed by atoms with E-state index in [9.17, 15) is 4.79 Å². The van der Waals surface area contributed by atoms with Gasteiger partial charge in [-0.15, -0.1) is 0 Å². The number of carbonyl (C=O) groups is 1. The van der Waals surface area contributed by atoms with E-state index in [1.54, 1.807) is 24.2 Å². The molecule has 4 rings (SSSR count). The van der Waals surface area contributed by atoms with E-state index in [4.69, 9.17) is 23.5 Å². The third-order valence-corrected chi connectivity index (χ3v) is 5.83. The molecule has 0 saturated carbocycles. The zero-order valence-electron chi connectivity index (χ0n) is 20.5. The number of fused-ring (bicyclic) bond motifs is 1. The molecule has 0 aliphatic carbocycles. The second-order valence-electron chi connectivity index (χ2n) is 8.17. The van der Waals surface area contributed by atoms with E-state index in [0.717, 1.165) is 39.6 Å². The van der Waals surface area contributed by atoms with Gasteiger partial charge in [0.15, 0.2) is 23.0 Å². The maximum atomic E-state index is 12.9. The molecule has 0 fully saturated rings. The van der Waals surface area contributed by atoms with Crippen LogP contribution in [0.15, 0.2) is 47.0 Å². The molecule has 1 aromatic heterocycles. The molecule has 8 heteroatoms. The maximum Gasteiger partial charge on any atom is 0.246 e. The van der Waals surface area contributed by atoms with E-state index in [1.807, 2.05) is 57.2 Å². The number of nitrogens with zero attached hydrogens (tertiary/aromatic N) is 2. The van der Waals surface area contributed by atoms with Crippen molar-refractivity contribution >= 4 is 12.0 Å². The maximum absolute atomic E-state index is 12.9. The zero-order valence-corrected chi connectivity index (χ0v) is 20.5. The van der Waals surface area contributed by atoms with Gasteiger partial charge in [0.2, 0.25) is 5.91 Å². The lowest BCUT2D eigenvalue weighted by molar-refractivity contribution is -0.126. The quantitative estimate of drug-likeness (QED) is 0.412. The summed E-state index contributed by atoms with van der Waals surface area (Å²) in [5, 5.41) is 3.95. The molecule has 0 saturated heterocycles. The smallest absolute Gasteiger partial charge is 0.246 e. The SMILES string of the molecule is CCN(Cc1ccc2c(c1)OCCO2)C(=O)/C=C/c1ccc(OCc2c(C)noc2C)c(OC)c1. The van der Waals surface area contributed by atoms with Crippen LogP contribution in [0.5, 0.6) is 23.0 Å². The van der Waals surface area contributed by atoms with E-state index in [0.29, 0.717) is 44.4 Å². The van der Waals surface area contributed by atoms with Crippen LogP contribution < -0.4 is 18.9 Å². The van der Waals surface area contributed by atoms with Crippen LogP contribution in [-0.2, 0) is 17.9 Å². The number of likely N-dealkylation sites (N-methyl/N-ethyl adjacent to an activating group) is 1. The lowest BCUT2D eigenvalue weighted by Crippen LogP contribution is -2.28. The van der Waals surface area contributed by atoms with Crippen LogP contribution >= 0.6 is 0 Å². The first-order valence-electron chi connectivity index (χ1n) is 11.6. The van der Waals surface area contributed by atoms with E-state index >= 15 is 0 Å². The monoisotopic (exact) mass is 478 g/mol. The Morgan fingerprint density at radius 3 is 2.60 bits per heavy atom. The van der Waals surface area contributed by atoms with Crippen molar-refractivity contribution in [1.82, 2.24) is 10.1 Å². The molecule has 2 aromatic carbocycles. The summed E-state index contributed by atoms with van der Waals surface area (Å²) in [6, 6.07) is 11.3. The molecule has 0 unspecified atom stereocenters. The molecule has 0 bridgehead atoms. The van der Waals surface area contributed by atoms with E-state index in [-0.39, 0.29) is 5.91 Å². The number of hydrogen-bond donors (Lipinski definition) is 0. The van der Waals surface area contributed by atoms with Crippen LogP contribution in [0.2, 0.25) is 0 Å². The Balaban J connectivity index is 1.40. The molecule has 0 spiro atoms. The first-order valence-corrected chi connectivity index (χ1v) is 11.6. The van der Waals surface area contributed by atoms with E-state index in [2.05, 4.69) is 5.16 Å². The number of methoxy groups -OCH3 is 1. The summed E-state index contributed by atoms with van der Waals surface area (Å²) in [6.07, 6.45) is 3.34. The molecule has 3 aromatic rings. The van der Waals surface area contributed by atoms with Gasteiger partial charge in [-0.2, -0.15) is 0 Å². The summed E-state index contributed by atoms with van der Waals surface area (Å²) in [4.78, 5) is 14.6. The molecule has 0 N–H and O–H groups in total. The Hall–Kier alpha value is -3.94. The van der Waals surface area contributed by atoms with Gasteiger partial charge in [0.25, 0.3) is 0 Å². The number of ether oxygens (including phenoxy) is 4. The molecule has 1 amide bonds. The van der Waals surface area contributed by atoms with Gasteiger partial charge in [0.05, 0.1) is 18.4 Å². The topological polar surface area (TPSA) is 83.3 Å². The molecule has 0 radical (unpaired) electrons. The Labute approximate surface area is 205 Å². The average Bonchev–Trinajstić information content (AvgIpc) is 3.21. The first kappa shape index (κ1) is 24.2. The Morgan fingerprint density at radius 1 is 1.09 bits per heavy atom. The molecule has 2 heterocycles. The molecule has 0 atom stereocenters. The fraction of sp³-hybridized carbons (Fsp3) is 0.333. The zero-order chi connectivity index (χ0) is 24.8. The third kappa shape index (κ3) is 5.77. The van der Waals surface area contributed by atoms with Gasteiger partial charge in [0, 0.05) is 19.2 Å². The average molecular weight is 479 g/mol. The number of rotatable bonds is 9. The van der Waals surface area contributed by atoms with E-state index < -0.39 is 0 Å². The number of hydrogen-bond acceptors (Lipinski definition) is 7. The minimum absolute atomic E-state index is 0.0832. The number of carbonyl (C=O) groups excluding carboxylic acids is 1. The minimum Gasteiger partial charge on any atom is -0.493 e. The minimum atomic E-state index is -0.0832. The fourth-order valence-corrected chi connectivity index (χ4v) is 3.79.